The molecule has 2 aromatic heterocycles. The van der Waals surface area contributed by atoms with Crippen LogP contribution in [0.3, 0.4) is 0 Å². The van der Waals surface area contributed by atoms with E-state index < -0.39 is 0 Å². The predicted molar refractivity (Wildman–Crippen MR) is 118 cm³/mol. The van der Waals surface area contributed by atoms with Gasteiger partial charge in [-0.2, -0.15) is 0 Å². The Labute approximate surface area is 180 Å². The maximum absolute atomic E-state index is 13.0. The van der Waals surface area contributed by atoms with Crippen molar-refractivity contribution in [2.75, 3.05) is 26.2 Å². The fourth-order valence-electron chi connectivity index (χ4n) is 6.40. The number of piperazine rings is 1. The Morgan fingerprint density at radius 2 is 1.93 bits per heavy atom. The zero-order chi connectivity index (χ0) is 20.2. The molecule has 160 valence electrons. The van der Waals surface area contributed by atoms with Crippen LogP contribution in [0.5, 0.6) is 0 Å². The molecule has 3 aliphatic carbocycles. The van der Waals surface area contributed by atoms with Crippen molar-refractivity contribution in [1.29, 1.82) is 0 Å². The predicted octanol–water partition coefficient (Wildman–Crippen LogP) is 2.94. The van der Waals surface area contributed by atoms with E-state index >= 15 is 0 Å². The van der Waals surface area contributed by atoms with Gasteiger partial charge in [-0.3, -0.25) is 14.5 Å². The molecule has 2 saturated carbocycles. The topological polar surface area (TPSA) is 69.3 Å². The number of aromatic amines is 1. The van der Waals surface area contributed by atoms with Crippen LogP contribution in [0.2, 0.25) is 0 Å². The van der Waals surface area contributed by atoms with E-state index in [0.29, 0.717) is 24.3 Å². The molecule has 7 heteroatoms. The average Bonchev–Trinajstić information content (AvgIpc) is 3.47. The second kappa shape index (κ2) is 7.45. The number of rotatable bonds is 3. The second-order valence-corrected chi connectivity index (χ2v) is 10.9. The van der Waals surface area contributed by atoms with Crippen molar-refractivity contribution in [2.24, 2.45) is 17.8 Å². The molecule has 0 aromatic carbocycles. The number of aromatic nitrogens is 2. The smallest absolute Gasteiger partial charge is 0.259 e. The molecule has 1 saturated heterocycles. The van der Waals surface area contributed by atoms with Crippen LogP contribution >= 0.6 is 11.3 Å². The van der Waals surface area contributed by atoms with Crippen LogP contribution in [-0.4, -0.2) is 51.9 Å². The Morgan fingerprint density at radius 3 is 2.70 bits per heavy atom. The first-order chi connectivity index (χ1) is 14.7. The highest BCUT2D eigenvalue weighted by atomic mass is 32.1. The van der Waals surface area contributed by atoms with Crippen molar-refractivity contribution in [3.63, 3.8) is 0 Å². The lowest BCUT2D eigenvalue weighted by Crippen LogP contribution is -2.50. The third kappa shape index (κ3) is 3.21. The highest BCUT2D eigenvalue weighted by Gasteiger charge is 2.44. The minimum atomic E-state index is 0.0273. The van der Waals surface area contributed by atoms with Gasteiger partial charge in [0.1, 0.15) is 10.7 Å². The average molecular weight is 427 g/mol. The zero-order valence-corrected chi connectivity index (χ0v) is 18.3. The minimum absolute atomic E-state index is 0.0273. The molecule has 6 nitrogen and oxygen atoms in total. The van der Waals surface area contributed by atoms with Gasteiger partial charge in [0.05, 0.1) is 11.9 Å². The summed E-state index contributed by atoms with van der Waals surface area (Å²) < 4.78 is 0. The number of amides is 1. The Bertz CT molecular complexity index is 1040. The fourth-order valence-corrected chi connectivity index (χ4v) is 7.68. The summed E-state index contributed by atoms with van der Waals surface area (Å²) in [4.78, 5) is 40.3. The summed E-state index contributed by atoms with van der Waals surface area (Å²) in [6.07, 6.45) is 9.49. The van der Waals surface area contributed by atoms with Crippen molar-refractivity contribution >= 4 is 27.5 Å². The van der Waals surface area contributed by atoms with E-state index in [1.165, 1.54) is 42.5 Å². The molecule has 0 spiro atoms. The summed E-state index contributed by atoms with van der Waals surface area (Å²) >= 11 is 1.71. The molecule has 1 aliphatic heterocycles. The van der Waals surface area contributed by atoms with Gasteiger partial charge in [-0.15, -0.1) is 11.3 Å². The van der Waals surface area contributed by atoms with Crippen molar-refractivity contribution in [2.45, 2.75) is 57.9 Å². The highest BCUT2D eigenvalue weighted by Crippen LogP contribution is 2.48. The standard InChI is InChI=1S/C23H30N4O2S/c28-21-20-16-3-1-2-4-18(16)30-22(20)25-19(24-21)13-26-7-9-27(10-8-26)23(29)17-12-14-5-6-15(17)11-14/h14-15,17H,1-13H2,(H,24,25,28). The minimum Gasteiger partial charge on any atom is -0.340 e. The Kier molecular flexibility index (Phi) is 4.71. The molecule has 3 atom stereocenters. The quantitative estimate of drug-likeness (QED) is 0.819. The first-order valence-electron chi connectivity index (χ1n) is 11.7. The van der Waals surface area contributed by atoms with E-state index in [9.17, 15) is 9.59 Å². The van der Waals surface area contributed by atoms with Crippen LogP contribution in [-0.2, 0) is 24.2 Å². The Morgan fingerprint density at radius 1 is 1.10 bits per heavy atom. The number of hydrogen-bond donors (Lipinski definition) is 1. The number of nitrogens with zero attached hydrogens (tertiary/aromatic N) is 3. The monoisotopic (exact) mass is 426 g/mol. The lowest BCUT2D eigenvalue weighted by atomic mass is 9.87. The molecule has 1 N–H and O–H groups in total. The van der Waals surface area contributed by atoms with Gasteiger partial charge in [0.25, 0.3) is 5.56 Å². The van der Waals surface area contributed by atoms with E-state index in [2.05, 4.69) is 14.8 Å². The second-order valence-electron chi connectivity index (χ2n) is 9.79. The maximum Gasteiger partial charge on any atom is 0.259 e. The SMILES string of the molecule is O=C(C1CC2CCC1C2)N1CCN(Cc2nc3sc4c(c3c(=O)[nH]2)CCCC4)CC1. The van der Waals surface area contributed by atoms with Crippen LogP contribution in [0.1, 0.15) is 54.8 Å². The lowest BCUT2D eigenvalue weighted by Gasteiger charge is -2.37. The molecule has 30 heavy (non-hydrogen) atoms. The number of H-pyrrole nitrogens is 1. The van der Waals surface area contributed by atoms with Gasteiger partial charge in [0, 0.05) is 37.0 Å². The third-order valence-electron chi connectivity index (χ3n) is 7.99. The van der Waals surface area contributed by atoms with E-state index in [-0.39, 0.29) is 5.56 Å². The summed E-state index contributed by atoms with van der Waals surface area (Å²) in [5, 5.41) is 0.833. The summed E-state index contributed by atoms with van der Waals surface area (Å²) in [6, 6.07) is 0. The number of fused-ring (bicyclic) bond motifs is 5. The van der Waals surface area contributed by atoms with E-state index in [0.717, 1.165) is 67.4 Å². The summed E-state index contributed by atoms with van der Waals surface area (Å²) in [7, 11) is 0. The Hall–Kier alpha value is -1.73. The number of aryl methyl sites for hydroxylation is 2. The van der Waals surface area contributed by atoms with E-state index in [1.54, 1.807) is 11.3 Å². The molecule has 0 radical (unpaired) electrons. The van der Waals surface area contributed by atoms with Gasteiger partial charge in [-0.25, -0.2) is 4.98 Å². The molecule has 3 unspecified atom stereocenters. The number of carbonyl (C=O) groups is 1. The van der Waals surface area contributed by atoms with Crippen molar-refractivity contribution in [1.82, 2.24) is 19.8 Å². The fraction of sp³-hybridized carbons (Fsp3) is 0.696. The third-order valence-corrected chi connectivity index (χ3v) is 9.17. The number of hydrogen-bond acceptors (Lipinski definition) is 5. The van der Waals surface area contributed by atoms with Crippen molar-refractivity contribution in [3.8, 4) is 0 Å². The van der Waals surface area contributed by atoms with Crippen LogP contribution in [0, 0.1) is 17.8 Å². The molecular weight excluding hydrogens is 396 g/mol. The van der Waals surface area contributed by atoms with Crippen LogP contribution in [0.4, 0.5) is 0 Å². The molecule has 3 heterocycles. The molecule has 2 bridgehead atoms. The summed E-state index contributed by atoms with van der Waals surface area (Å²) in [5.74, 6) is 2.92. The van der Waals surface area contributed by atoms with Crippen LogP contribution < -0.4 is 5.56 Å². The molecule has 4 aliphatic rings. The first kappa shape index (κ1) is 19.0. The molecule has 6 rings (SSSR count). The summed E-state index contributed by atoms with van der Waals surface area (Å²) in [6.45, 7) is 3.97. The van der Waals surface area contributed by atoms with Crippen molar-refractivity contribution < 1.29 is 4.79 Å². The normalized spacial score (nSPS) is 28.9. The lowest BCUT2D eigenvalue weighted by molar-refractivity contribution is -0.139. The van der Waals surface area contributed by atoms with Crippen molar-refractivity contribution in [3.05, 3.63) is 26.6 Å². The van der Waals surface area contributed by atoms with Gasteiger partial charge in [0.15, 0.2) is 0 Å². The van der Waals surface area contributed by atoms with Gasteiger partial charge in [-0.05, 0) is 62.3 Å². The van der Waals surface area contributed by atoms with Gasteiger partial charge < -0.3 is 9.88 Å². The summed E-state index contributed by atoms with van der Waals surface area (Å²) in [5.41, 5.74) is 1.27. The molecule has 2 aromatic rings. The number of carbonyl (C=O) groups excluding carboxylic acids is 1. The molecule has 3 fully saturated rings. The first-order valence-corrected chi connectivity index (χ1v) is 12.5. The van der Waals surface area contributed by atoms with Crippen LogP contribution in [0.25, 0.3) is 10.2 Å². The maximum atomic E-state index is 13.0. The van der Waals surface area contributed by atoms with Gasteiger partial charge >= 0.3 is 0 Å². The van der Waals surface area contributed by atoms with E-state index in [4.69, 9.17) is 4.98 Å². The van der Waals surface area contributed by atoms with Crippen LogP contribution in [0.15, 0.2) is 4.79 Å². The van der Waals surface area contributed by atoms with Gasteiger partial charge in [-0.1, -0.05) is 6.42 Å². The Balaban J connectivity index is 1.12. The number of thiophene rings is 1. The zero-order valence-electron chi connectivity index (χ0n) is 17.5. The van der Waals surface area contributed by atoms with E-state index in [1.807, 2.05) is 0 Å². The van der Waals surface area contributed by atoms with Gasteiger partial charge in [0.2, 0.25) is 5.91 Å². The highest BCUT2D eigenvalue weighted by molar-refractivity contribution is 7.18. The largest absolute Gasteiger partial charge is 0.340 e. The molecule has 1 amide bonds. The molecular formula is C23H30N4O2S. The number of nitrogens with one attached hydrogen (secondary N) is 1.